The zero-order valence-electron chi connectivity index (χ0n) is 15.8. The van der Waals surface area contributed by atoms with Crippen molar-refractivity contribution in [3.8, 4) is 5.75 Å². The molecular weight excluding hydrogens is 423 g/mol. The van der Waals surface area contributed by atoms with Crippen LogP contribution < -0.4 is 14.4 Å². The van der Waals surface area contributed by atoms with Crippen molar-refractivity contribution in [2.75, 3.05) is 17.7 Å². The highest BCUT2D eigenvalue weighted by Gasteiger charge is 2.31. The van der Waals surface area contributed by atoms with Gasteiger partial charge < -0.3 is 10.1 Å². The van der Waals surface area contributed by atoms with E-state index >= 15 is 0 Å². The van der Waals surface area contributed by atoms with Crippen molar-refractivity contribution in [1.29, 1.82) is 0 Å². The molecule has 0 bridgehead atoms. The first-order chi connectivity index (χ1) is 13.2. The van der Waals surface area contributed by atoms with Crippen LogP contribution in [0.15, 0.2) is 42.5 Å². The molecule has 0 heterocycles. The molecule has 28 heavy (non-hydrogen) atoms. The van der Waals surface area contributed by atoms with E-state index in [1.165, 1.54) is 18.2 Å². The van der Waals surface area contributed by atoms with E-state index in [-0.39, 0.29) is 28.7 Å². The molecule has 0 unspecified atom stereocenters. The molecule has 1 amide bonds. The van der Waals surface area contributed by atoms with E-state index in [2.05, 4.69) is 5.32 Å². The molecule has 0 aliphatic heterocycles. The maximum Gasteiger partial charge on any atom is 0.244 e. The average Bonchev–Trinajstić information content (AvgIpc) is 2.62. The lowest BCUT2D eigenvalue weighted by Gasteiger charge is -2.30. The van der Waals surface area contributed by atoms with E-state index in [9.17, 15) is 13.2 Å². The number of amides is 1. The first kappa shape index (κ1) is 22.3. The standard InChI is InChI=1S/C19H22Cl2N2O4S/c1-4-18(19(24)22-12-13-5-7-17(27-2)8-6-13)23(28(3,25)26)16-10-14(20)9-15(21)11-16/h5-11,18H,4,12H2,1-3H3,(H,22,24)/t18-/m1/s1. The molecule has 2 rings (SSSR count). The zero-order chi connectivity index (χ0) is 20.9. The third-order valence-corrected chi connectivity index (χ3v) is 5.67. The van der Waals surface area contributed by atoms with Crippen LogP contribution in [0.25, 0.3) is 0 Å². The number of nitrogens with one attached hydrogen (secondary N) is 1. The first-order valence-electron chi connectivity index (χ1n) is 8.51. The molecule has 9 heteroatoms. The van der Waals surface area contributed by atoms with Crippen LogP contribution in [0.2, 0.25) is 10.0 Å². The van der Waals surface area contributed by atoms with Gasteiger partial charge in [-0.3, -0.25) is 9.10 Å². The number of halogens is 2. The number of nitrogens with zero attached hydrogens (tertiary/aromatic N) is 1. The van der Waals surface area contributed by atoms with Crippen molar-refractivity contribution in [1.82, 2.24) is 5.32 Å². The number of methoxy groups -OCH3 is 1. The number of sulfonamides is 1. The molecule has 2 aromatic carbocycles. The first-order valence-corrected chi connectivity index (χ1v) is 11.1. The maximum atomic E-state index is 12.8. The molecule has 0 aliphatic carbocycles. The van der Waals surface area contributed by atoms with Crippen LogP contribution >= 0.6 is 23.2 Å². The largest absolute Gasteiger partial charge is 0.497 e. The number of hydrogen-bond acceptors (Lipinski definition) is 4. The van der Waals surface area contributed by atoms with Gasteiger partial charge in [-0.15, -0.1) is 0 Å². The van der Waals surface area contributed by atoms with Crippen molar-refractivity contribution in [2.45, 2.75) is 25.9 Å². The second-order valence-electron chi connectivity index (χ2n) is 6.18. The van der Waals surface area contributed by atoms with E-state index in [1.807, 2.05) is 12.1 Å². The highest BCUT2D eigenvalue weighted by molar-refractivity contribution is 7.92. The minimum absolute atomic E-state index is 0.242. The summed E-state index contributed by atoms with van der Waals surface area (Å²) in [5.41, 5.74) is 1.10. The zero-order valence-corrected chi connectivity index (χ0v) is 18.1. The topological polar surface area (TPSA) is 75.7 Å². The summed E-state index contributed by atoms with van der Waals surface area (Å²) in [6.07, 6.45) is 1.31. The summed E-state index contributed by atoms with van der Waals surface area (Å²) < 4.78 is 31.1. The molecule has 0 aromatic heterocycles. The Morgan fingerprint density at radius 2 is 1.71 bits per heavy atom. The van der Waals surface area contributed by atoms with Crippen molar-refractivity contribution in [3.63, 3.8) is 0 Å². The molecule has 1 atom stereocenters. The van der Waals surface area contributed by atoms with E-state index < -0.39 is 22.0 Å². The molecule has 0 spiro atoms. The van der Waals surface area contributed by atoms with Crippen LogP contribution in [-0.4, -0.2) is 33.7 Å². The highest BCUT2D eigenvalue weighted by atomic mass is 35.5. The van der Waals surface area contributed by atoms with Crippen molar-refractivity contribution < 1.29 is 17.9 Å². The van der Waals surface area contributed by atoms with E-state index in [1.54, 1.807) is 26.2 Å². The summed E-state index contributed by atoms with van der Waals surface area (Å²) in [5.74, 6) is 0.294. The van der Waals surface area contributed by atoms with Crippen molar-refractivity contribution in [3.05, 3.63) is 58.1 Å². The van der Waals surface area contributed by atoms with Crippen LogP contribution in [0.3, 0.4) is 0 Å². The van der Waals surface area contributed by atoms with Gasteiger partial charge in [-0.25, -0.2) is 8.42 Å². The lowest BCUT2D eigenvalue weighted by atomic mass is 10.1. The van der Waals surface area contributed by atoms with Crippen LogP contribution in [-0.2, 0) is 21.4 Å². The Kier molecular flexibility index (Phi) is 7.57. The molecule has 0 radical (unpaired) electrons. The minimum Gasteiger partial charge on any atom is -0.497 e. The molecule has 0 saturated carbocycles. The lowest BCUT2D eigenvalue weighted by Crippen LogP contribution is -2.49. The van der Waals surface area contributed by atoms with Gasteiger partial charge in [0.1, 0.15) is 11.8 Å². The van der Waals surface area contributed by atoms with Crippen LogP contribution in [0.1, 0.15) is 18.9 Å². The van der Waals surface area contributed by atoms with E-state index in [0.717, 1.165) is 16.1 Å². The summed E-state index contributed by atoms with van der Waals surface area (Å²) in [4.78, 5) is 12.8. The van der Waals surface area contributed by atoms with Gasteiger partial charge in [-0.2, -0.15) is 0 Å². The van der Waals surface area contributed by atoms with Gasteiger partial charge >= 0.3 is 0 Å². The Morgan fingerprint density at radius 3 is 2.18 bits per heavy atom. The van der Waals surface area contributed by atoms with Crippen LogP contribution in [0.4, 0.5) is 5.69 Å². The Morgan fingerprint density at radius 1 is 1.14 bits per heavy atom. The molecular formula is C19H22Cl2N2O4S. The van der Waals surface area contributed by atoms with Gasteiger partial charge in [-0.1, -0.05) is 42.3 Å². The van der Waals surface area contributed by atoms with Gasteiger partial charge in [0, 0.05) is 16.6 Å². The summed E-state index contributed by atoms with van der Waals surface area (Å²) in [6, 6.07) is 10.7. The van der Waals surface area contributed by atoms with Gasteiger partial charge in [0.05, 0.1) is 19.1 Å². The Labute approximate surface area is 175 Å². The molecule has 0 fully saturated rings. The number of carbonyl (C=O) groups excluding carboxylic acids is 1. The number of carbonyl (C=O) groups is 1. The monoisotopic (exact) mass is 444 g/mol. The predicted octanol–water partition coefficient (Wildman–Crippen LogP) is 3.86. The summed E-state index contributed by atoms with van der Waals surface area (Å²) in [5, 5.41) is 3.35. The quantitative estimate of drug-likeness (QED) is 0.670. The van der Waals surface area contributed by atoms with Crippen molar-refractivity contribution in [2.24, 2.45) is 0 Å². The number of benzene rings is 2. The second kappa shape index (κ2) is 9.49. The SMILES string of the molecule is CC[C@H](C(=O)NCc1ccc(OC)cc1)N(c1cc(Cl)cc(Cl)c1)S(C)(=O)=O. The fourth-order valence-corrected chi connectivity index (χ4v) is 4.49. The Balaban J connectivity index is 2.25. The Hall–Kier alpha value is -1.96. The molecule has 0 aliphatic rings. The van der Waals surface area contributed by atoms with Gasteiger partial charge in [0.2, 0.25) is 15.9 Å². The van der Waals surface area contributed by atoms with Crippen LogP contribution in [0, 0.1) is 0 Å². The smallest absolute Gasteiger partial charge is 0.244 e. The molecule has 6 nitrogen and oxygen atoms in total. The van der Waals surface area contributed by atoms with Gasteiger partial charge in [0.15, 0.2) is 0 Å². The van der Waals surface area contributed by atoms with Crippen LogP contribution in [0.5, 0.6) is 5.75 Å². The van der Waals surface area contributed by atoms with Gasteiger partial charge in [0.25, 0.3) is 0 Å². The molecule has 2 aromatic rings. The minimum atomic E-state index is -3.76. The van der Waals surface area contributed by atoms with Crippen molar-refractivity contribution >= 4 is 44.8 Å². The average molecular weight is 445 g/mol. The maximum absolute atomic E-state index is 12.8. The predicted molar refractivity (Wildman–Crippen MR) is 113 cm³/mol. The molecule has 152 valence electrons. The van der Waals surface area contributed by atoms with E-state index in [4.69, 9.17) is 27.9 Å². The second-order valence-corrected chi connectivity index (χ2v) is 8.91. The number of anilines is 1. The Bertz CT molecular complexity index is 913. The number of rotatable bonds is 8. The third-order valence-electron chi connectivity index (χ3n) is 4.06. The normalized spacial score (nSPS) is 12.3. The summed E-state index contributed by atoms with van der Waals surface area (Å²) in [6.45, 7) is 2.00. The lowest BCUT2D eigenvalue weighted by molar-refractivity contribution is -0.122. The number of ether oxygens (including phenoxy) is 1. The highest BCUT2D eigenvalue weighted by Crippen LogP contribution is 2.29. The fourth-order valence-electron chi connectivity index (χ4n) is 2.78. The fraction of sp³-hybridized carbons (Fsp3) is 0.316. The molecule has 1 N–H and O–H groups in total. The summed E-state index contributed by atoms with van der Waals surface area (Å²) >= 11 is 12.0. The van der Waals surface area contributed by atoms with Gasteiger partial charge in [-0.05, 0) is 42.3 Å². The van der Waals surface area contributed by atoms with E-state index in [0.29, 0.717) is 5.75 Å². The third kappa shape index (κ3) is 5.77. The summed E-state index contributed by atoms with van der Waals surface area (Å²) in [7, 11) is -2.19. The number of hydrogen-bond donors (Lipinski definition) is 1. The molecule has 0 saturated heterocycles.